The van der Waals surface area contributed by atoms with Gasteiger partial charge < -0.3 is 5.73 Å². The number of alkyl halides is 2. The summed E-state index contributed by atoms with van der Waals surface area (Å²) in [6.07, 6.45) is -2.49. The van der Waals surface area contributed by atoms with Crippen molar-refractivity contribution in [2.45, 2.75) is 19.4 Å². The molecule has 1 heterocycles. The molecule has 2 N–H and O–H groups in total. The predicted molar refractivity (Wildman–Crippen MR) is 49.7 cm³/mol. The van der Waals surface area contributed by atoms with Crippen LogP contribution < -0.4 is 5.73 Å². The van der Waals surface area contributed by atoms with Crippen molar-refractivity contribution in [2.24, 2.45) is 5.73 Å². The Morgan fingerprint density at radius 2 is 2.17 bits per heavy atom. The van der Waals surface area contributed by atoms with Crippen molar-refractivity contribution in [3.05, 3.63) is 20.3 Å². The highest BCUT2D eigenvalue weighted by Crippen LogP contribution is 2.32. The van der Waals surface area contributed by atoms with E-state index in [2.05, 4.69) is 15.9 Å². The first-order chi connectivity index (χ1) is 5.52. The fourth-order valence-corrected chi connectivity index (χ4v) is 2.35. The normalized spacial score (nSPS) is 13.8. The Kier molecular flexibility index (Phi) is 3.20. The lowest BCUT2D eigenvalue weighted by Gasteiger charge is -2.06. The first-order valence-electron chi connectivity index (χ1n) is 3.32. The van der Waals surface area contributed by atoms with E-state index in [1.54, 1.807) is 6.07 Å². The molecule has 0 aliphatic rings. The lowest BCUT2D eigenvalue weighted by Crippen LogP contribution is -2.17. The molecule has 0 aromatic carbocycles. The number of rotatable bonds is 2. The second kappa shape index (κ2) is 3.81. The van der Waals surface area contributed by atoms with Gasteiger partial charge in [0.25, 0.3) is 6.43 Å². The van der Waals surface area contributed by atoms with Crippen LogP contribution in [0.1, 0.15) is 16.5 Å². The van der Waals surface area contributed by atoms with Crippen LogP contribution >= 0.6 is 27.3 Å². The summed E-state index contributed by atoms with van der Waals surface area (Å²) >= 11 is 4.51. The van der Waals surface area contributed by atoms with Crippen LogP contribution in [0.15, 0.2) is 9.85 Å². The van der Waals surface area contributed by atoms with E-state index in [1.165, 1.54) is 11.3 Å². The van der Waals surface area contributed by atoms with Gasteiger partial charge in [-0.3, -0.25) is 0 Å². The third-order valence-electron chi connectivity index (χ3n) is 1.48. The standard InChI is InChI=1S/C7H8BrF2NS/c1-3-2-4(12-6(3)8)5(11)7(9)10/h2,5,7H,11H2,1H3/t5-/m1/s1. The number of hydrogen-bond acceptors (Lipinski definition) is 2. The number of thiophene rings is 1. The fourth-order valence-electron chi connectivity index (χ4n) is 0.772. The summed E-state index contributed by atoms with van der Waals surface area (Å²) in [5, 5.41) is 0. The van der Waals surface area contributed by atoms with Gasteiger partial charge in [0.1, 0.15) is 6.04 Å². The third-order valence-corrected chi connectivity index (χ3v) is 3.71. The molecule has 12 heavy (non-hydrogen) atoms. The Hall–Kier alpha value is -0.000000000000000111. The van der Waals surface area contributed by atoms with Crippen molar-refractivity contribution in [3.8, 4) is 0 Å². The molecule has 0 spiro atoms. The smallest absolute Gasteiger partial charge is 0.258 e. The molecule has 0 radical (unpaired) electrons. The molecular weight excluding hydrogens is 248 g/mol. The van der Waals surface area contributed by atoms with Crippen molar-refractivity contribution >= 4 is 27.3 Å². The van der Waals surface area contributed by atoms with E-state index in [-0.39, 0.29) is 0 Å². The van der Waals surface area contributed by atoms with E-state index in [1.807, 2.05) is 6.92 Å². The maximum absolute atomic E-state index is 12.1. The van der Waals surface area contributed by atoms with Gasteiger partial charge in [-0.05, 0) is 34.5 Å². The van der Waals surface area contributed by atoms with Gasteiger partial charge in [-0.2, -0.15) is 0 Å². The molecule has 5 heteroatoms. The van der Waals surface area contributed by atoms with E-state index >= 15 is 0 Å². The van der Waals surface area contributed by atoms with Crippen molar-refractivity contribution in [1.82, 2.24) is 0 Å². The van der Waals surface area contributed by atoms with Gasteiger partial charge in [0.2, 0.25) is 0 Å². The van der Waals surface area contributed by atoms with Crippen LogP contribution in [-0.4, -0.2) is 6.43 Å². The van der Waals surface area contributed by atoms with Gasteiger partial charge in [0.15, 0.2) is 0 Å². The molecule has 1 atom stereocenters. The summed E-state index contributed by atoms with van der Waals surface area (Å²) in [7, 11) is 0. The summed E-state index contributed by atoms with van der Waals surface area (Å²) in [6.45, 7) is 1.85. The van der Waals surface area contributed by atoms with Gasteiger partial charge in [-0.25, -0.2) is 8.78 Å². The zero-order valence-electron chi connectivity index (χ0n) is 6.35. The molecule has 0 amide bonds. The lowest BCUT2D eigenvalue weighted by molar-refractivity contribution is 0.118. The summed E-state index contributed by atoms with van der Waals surface area (Å²) in [5.74, 6) is 0. The fraction of sp³-hybridized carbons (Fsp3) is 0.429. The molecule has 0 fully saturated rings. The van der Waals surface area contributed by atoms with Gasteiger partial charge in [0.05, 0.1) is 3.79 Å². The average Bonchev–Trinajstić information content (AvgIpc) is 2.30. The second-order valence-corrected chi connectivity index (χ2v) is 4.87. The second-order valence-electron chi connectivity index (χ2n) is 2.47. The largest absolute Gasteiger partial charge is 0.319 e. The van der Waals surface area contributed by atoms with Crippen molar-refractivity contribution < 1.29 is 8.78 Å². The van der Waals surface area contributed by atoms with Crippen molar-refractivity contribution in [1.29, 1.82) is 0 Å². The maximum atomic E-state index is 12.1. The first kappa shape index (κ1) is 10.1. The Balaban J connectivity index is 2.89. The molecule has 1 rings (SSSR count). The Morgan fingerprint density at radius 3 is 2.50 bits per heavy atom. The van der Waals surface area contributed by atoms with Gasteiger partial charge in [-0.15, -0.1) is 11.3 Å². The molecular formula is C7H8BrF2NS. The topological polar surface area (TPSA) is 26.0 Å². The highest BCUT2D eigenvalue weighted by Gasteiger charge is 2.19. The minimum absolute atomic E-state index is 0.523. The molecule has 68 valence electrons. The van der Waals surface area contributed by atoms with Crippen molar-refractivity contribution in [2.75, 3.05) is 0 Å². The molecule has 0 saturated heterocycles. The monoisotopic (exact) mass is 255 g/mol. The van der Waals surface area contributed by atoms with E-state index in [9.17, 15) is 8.78 Å². The quantitative estimate of drug-likeness (QED) is 0.864. The minimum Gasteiger partial charge on any atom is -0.319 e. The first-order valence-corrected chi connectivity index (χ1v) is 4.93. The Labute approximate surface area is 81.7 Å². The molecule has 0 aliphatic heterocycles. The highest BCUT2D eigenvalue weighted by atomic mass is 79.9. The van der Waals surface area contributed by atoms with Crippen LogP contribution in [0.3, 0.4) is 0 Å². The van der Waals surface area contributed by atoms with Gasteiger partial charge in [-0.1, -0.05) is 0 Å². The lowest BCUT2D eigenvalue weighted by atomic mass is 10.2. The van der Waals surface area contributed by atoms with Crippen LogP contribution in [-0.2, 0) is 0 Å². The molecule has 1 nitrogen and oxygen atoms in total. The SMILES string of the molecule is Cc1cc([C@@H](N)C(F)F)sc1Br. The van der Waals surface area contributed by atoms with Crippen molar-refractivity contribution in [3.63, 3.8) is 0 Å². The van der Waals surface area contributed by atoms with Gasteiger partial charge >= 0.3 is 0 Å². The highest BCUT2D eigenvalue weighted by molar-refractivity contribution is 9.11. The predicted octanol–water partition coefficient (Wildman–Crippen LogP) is 3.08. The summed E-state index contributed by atoms with van der Waals surface area (Å²) in [6, 6.07) is 0.533. The van der Waals surface area contributed by atoms with Crippen LogP contribution in [0.4, 0.5) is 8.78 Å². The maximum Gasteiger partial charge on any atom is 0.258 e. The third kappa shape index (κ3) is 2.02. The molecule has 0 bridgehead atoms. The van der Waals surface area contributed by atoms with E-state index in [0.29, 0.717) is 4.88 Å². The van der Waals surface area contributed by atoms with E-state index < -0.39 is 12.5 Å². The number of aryl methyl sites for hydroxylation is 1. The van der Waals surface area contributed by atoms with Crippen LogP contribution in [0.25, 0.3) is 0 Å². The van der Waals surface area contributed by atoms with E-state index in [0.717, 1.165) is 9.35 Å². The summed E-state index contributed by atoms with van der Waals surface area (Å²) in [5.41, 5.74) is 6.21. The van der Waals surface area contributed by atoms with E-state index in [4.69, 9.17) is 5.73 Å². The molecule has 0 unspecified atom stereocenters. The molecule has 1 aromatic rings. The average molecular weight is 256 g/mol. The summed E-state index contributed by atoms with van der Waals surface area (Å²) < 4.78 is 25.1. The Bertz CT molecular complexity index is 255. The molecule has 0 aliphatic carbocycles. The van der Waals surface area contributed by atoms with Gasteiger partial charge in [0, 0.05) is 4.88 Å². The Morgan fingerprint density at radius 1 is 1.58 bits per heavy atom. The zero-order chi connectivity index (χ0) is 9.30. The van der Waals surface area contributed by atoms with Crippen LogP contribution in [0.5, 0.6) is 0 Å². The molecule has 1 aromatic heterocycles. The number of hydrogen-bond donors (Lipinski definition) is 1. The zero-order valence-corrected chi connectivity index (χ0v) is 8.75. The number of nitrogens with two attached hydrogens (primary N) is 1. The van der Waals surface area contributed by atoms with Crippen LogP contribution in [0, 0.1) is 6.92 Å². The number of halogens is 3. The molecule has 0 saturated carbocycles. The van der Waals surface area contributed by atoms with Crippen LogP contribution in [0.2, 0.25) is 0 Å². The minimum atomic E-state index is -2.49. The summed E-state index contributed by atoms with van der Waals surface area (Å²) in [4.78, 5) is 0.523.